The first-order chi connectivity index (χ1) is 13.7. The van der Waals surface area contributed by atoms with Crippen LogP contribution < -0.4 is 5.32 Å². The molecular weight excluding hydrogens is 391 g/mol. The standard InChI is InChI=1S/C22H27FN2O3S/c1-15-4-9-21(16(2)14-15)29(27,28)25-12-10-19(11-13-25)22(26)24-17(3)18-5-7-20(23)8-6-18/h4-9,14,17,19H,10-13H2,1-3H3,(H,24,26). The van der Waals surface area contributed by atoms with Crippen LogP contribution in [0.3, 0.4) is 0 Å². The number of hydrogen-bond acceptors (Lipinski definition) is 3. The highest BCUT2D eigenvalue weighted by Gasteiger charge is 2.33. The van der Waals surface area contributed by atoms with Gasteiger partial charge in [0.2, 0.25) is 15.9 Å². The van der Waals surface area contributed by atoms with E-state index in [2.05, 4.69) is 5.32 Å². The van der Waals surface area contributed by atoms with Gasteiger partial charge in [-0.15, -0.1) is 0 Å². The summed E-state index contributed by atoms with van der Waals surface area (Å²) in [6, 6.07) is 11.1. The molecule has 156 valence electrons. The molecule has 1 amide bonds. The van der Waals surface area contributed by atoms with Gasteiger partial charge in [-0.1, -0.05) is 29.8 Å². The van der Waals surface area contributed by atoms with Gasteiger partial charge in [-0.3, -0.25) is 4.79 Å². The molecule has 0 spiro atoms. The number of rotatable bonds is 5. The molecule has 0 saturated carbocycles. The zero-order chi connectivity index (χ0) is 21.2. The van der Waals surface area contributed by atoms with Gasteiger partial charge in [-0.25, -0.2) is 12.8 Å². The molecule has 1 unspecified atom stereocenters. The minimum atomic E-state index is -3.56. The van der Waals surface area contributed by atoms with Gasteiger partial charge in [0.1, 0.15) is 5.82 Å². The second-order valence-electron chi connectivity index (χ2n) is 7.73. The Bertz CT molecular complexity index is 982. The summed E-state index contributed by atoms with van der Waals surface area (Å²) in [5.74, 6) is -0.640. The maximum Gasteiger partial charge on any atom is 0.243 e. The molecule has 7 heteroatoms. The SMILES string of the molecule is Cc1ccc(S(=O)(=O)N2CCC(C(=O)NC(C)c3ccc(F)cc3)CC2)c(C)c1. The molecule has 2 aromatic rings. The zero-order valence-electron chi connectivity index (χ0n) is 17.0. The number of nitrogens with zero attached hydrogens (tertiary/aromatic N) is 1. The van der Waals surface area contributed by atoms with E-state index in [9.17, 15) is 17.6 Å². The summed E-state index contributed by atoms with van der Waals surface area (Å²) in [6.45, 7) is 6.22. The van der Waals surface area contributed by atoms with E-state index in [1.807, 2.05) is 19.9 Å². The predicted octanol–water partition coefficient (Wildman–Crippen LogP) is 3.72. The van der Waals surface area contributed by atoms with Crippen LogP contribution in [0.1, 0.15) is 42.5 Å². The predicted molar refractivity (Wildman–Crippen MR) is 110 cm³/mol. The highest BCUT2D eigenvalue weighted by atomic mass is 32.2. The van der Waals surface area contributed by atoms with Gasteiger partial charge in [-0.05, 0) is 62.9 Å². The van der Waals surface area contributed by atoms with Gasteiger partial charge in [0.15, 0.2) is 0 Å². The van der Waals surface area contributed by atoms with E-state index >= 15 is 0 Å². The molecule has 1 aliphatic rings. The average molecular weight is 419 g/mol. The van der Waals surface area contributed by atoms with E-state index in [1.165, 1.54) is 16.4 Å². The molecule has 1 saturated heterocycles. The van der Waals surface area contributed by atoms with Gasteiger partial charge in [0.25, 0.3) is 0 Å². The number of nitrogens with one attached hydrogen (secondary N) is 1. The lowest BCUT2D eigenvalue weighted by atomic mass is 9.96. The summed E-state index contributed by atoms with van der Waals surface area (Å²) < 4.78 is 40.5. The molecule has 0 aliphatic carbocycles. The first-order valence-corrected chi connectivity index (χ1v) is 11.3. The third kappa shape index (κ3) is 4.85. The second kappa shape index (κ2) is 8.63. The van der Waals surface area contributed by atoms with Crippen LogP contribution in [0.5, 0.6) is 0 Å². The Hall–Kier alpha value is -2.25. The summed E-state index contributed by atoms with van der Waals surface area (Å²) in [5, 5.41) is 2.96. The number of hydrogen-bond donors (Lipinski definition) is 1. The van der Waals surface area contributed by atoms with Crippen molar-refractivity contribution in [1.82, 2.24) is 9.62 Å². The third-order valence-electron chi connectivity index (χ3n) is 5.50. The maximum atomic E-state index is 13.1. The monoisotopic (exact) mass is 418 g/mol. The van der Waals surface area contributed by atoms with Crippen molar-refractivity contribution >= 4 is 15.9 Å². The maximum absolute atomic E-state index is 13.1. The molecule has 3 rings (SSSR count). The topological polar surface area (TPSA) is 66.5 Å². The van der Waals surface area contributed by atoms with Crippen molar-refractivity contribution in [3.8, 4) is 0 Å². The first-order valence-electron chi connectivity index (χ1n) is 9.81. The number of piperidine rings is 1. The van der Waals surface area contributed by atoms with E-state index in [0.29, 0.717) is 30.8 Å². The van der Waals surface area contributed by atoms with Crippen molar-refractivity contribution in [3.63, 3.8) is 0 Å². The Kier molecular flexibility index (Phi) is 6.39. The van der Waals surface area contributed by atoms with Crippen molar-refractivity contribution in [3.05, 3.63) is 65.0 Å². The molecule has 5 nitrogen and oxygen atoms in total. The lowest BCUT2D eigenvalue weighted by Crippen LogP contribution is -2.43. The molecule has 2 aromatic carbocycles. The van der Waals surface area contributed by atoms with Crippen molar-refractivity contribution in [2.24, 2.45) is 5.92 Å². The first kappa shape index (κ1) is 21.5. The van der Waals surface area contributed by atoms with Crippen LogP contribution in [0, 0.1) is 25.6 Å². The Morgan fingerprint density at radius 1 is 1.10 bits per heavy atom. The molecule has 1 heterocycles. The molecule has 1 N–H and O–H groups in total. The summed E-state index contributed by atoms with van der Waals surface area (Å²) in [4.78, 5) is 12.9. The minimum Gasteiger partial charge on any atom is -0.349 e. The minimum absolute atomic E-state index is 0.0922. The zero-order valence-corrected chi connectivity index (χ0v) is 17.8. The van der Waals surface area contributed by atoms with E-state index in [-0.39, 0.29) is 23.7 Å². The number of carbonyl (C=O) groups is 1. The van der Waals surface area contributed by atoms with Crippen LogP contribution in [-0.4, -0.2) is 31.7 Å². The molecule has 0 aromatic heterocycles. The van der Waals surface area contributed by atoms with E-state index < -0.39 is 10.0 Å². The highest BCUT2D eigenvalue weighted by molar-refractivity contribution is 7.89. The number of benzene rings is 2. The van der Waals surface area contributed by atoms with Crippen molar-refractivity contribution in [2.75, 3.05) is 13.1 Å². The van der Waals surface area contributed by atoms with E-state index in [1.54, 1.807) is 31.2 Å². The molecule has 29 heavy (non-hydrogen) atoms. The molecule has 0 bridgehead atoms. The normalized spacial score (nSPS) is 17.1. The van der Waals surface area contributed by atoms with Gasteiger partial charge in [0, 0.05) is 19.0 Å². The second-order valence-corrected chi connectivity index (χ2v) is 9.64. The number of amides is 1. The Morgan fingerprint density at radius 3 is 2.31 bits per heavy atom. The Balaban J connectivity index is 1.60. The molecule has 1 aliphatic heterocycles. The van der Waals surface area contributed by atoms with Crippen LogP contribution in [-0.2, 0) is 14.8 Å². The van der Waals surface area contributed by atoms with Gasteiger partial charge in [0.05, 0.1) is 10.9 Å². The smallest absolute Gasteiger partial charge is 0.243 e. The number of halogens is 1. The molecular formula is C22H27FN2O3S. The lowest BCUT2D eigenvalue weighted by molar-refractivity contribution is -0.126. The average Bonchev–Trinajstić information content (AvgIpc) is 2.68. The third-order valence-corrected chi connectivity index (χ3v) is 7.56. The van der Waals surface area contributed by atoms with Gasteiger partial charge in [-0.2, -0.15) is 4.31 Å². The summed E-state index contributed by atoms with van der Waals surface area (Å²) in [5.41, 5.74) is 2.58. The summed E-state index contributed by atoms with van der Waals surface area (Å²) in [7, 11) is -3.56. The van der Waals surface area contributed by atoms with Crippen LogP contribution in [0.2, 0.25) is 0 Å². The Morgan fingerprint density at radius 2 is 1.72 bits per heavy atom. The van der Waals surface area contributed by atoms with Crippen molar-refractivity contribution in [2.45, 2.75) is 44.6 Å². The van der Waals surface area contributed by atoms with Gasteiger partial charge >= 0.3 is 0 Å². The van der Waals surface area contributed by atoms with E-state index in [0.717, 1.165) is 16.7 Å². The Labute approximate surface area is 172 Å². The van der Waals surface area contributed by atoms with Crippen molar-refractivity contribution < 1.29 is 17.6 Å². The van der Waals surface area contributed by atoms with E-state index in [4.69, 9.17) is 0 Å². The fraction of sp³-hybridized carbons (Fsp3) is 0.409. The quantitative estimate of drug-likeness (QED) is 0.805. The number of aryl methyl sites for hydroxylation is 2. The number of sulfonamides is 1. The van der Waals surface area contributed by atoms with Crippen LogP contribution in [0.25, 0.3) is 0 Å². The molecule has 0 radical (unpaired) electrons. The molecule has 1 fully saturated rings. The van der Waals surface area contributed by atoms with Gasteiger partial charge < -0.3 is 5.32 Å². The summed E-state index contributed by atoms with van der Waals surface area (Å²) in [6.07, 6.45) is 0.957. The van der Waals surface area contributed by atoms with Crippen LogP contribution in [0.4, 0.5) is 4.39 Å². The van der Waals surface area contributed by atoms with Crippen LogP contribution >= 0.6 is 0 Å². The largest absolute Gasteiger partial charge is 0.349 e. The van der Waals surface area contributed by atoms with Crippen molar-refractivity contribution in [1.29, 1.82) is 0 Å². The fourth-order valence-corrected chi connectivity index (χ4v) is 5.43. The summed E-state index contributed by atoms with van der Waals surface area (Å²) >= 11 is 0. The highest BCUT2D eigenvalue weighted by Crippen LogP contribution is 2.27. The fourth-order valence-electron chi connectivity index (χ4n) is 3.75. The van der Waals surface area contributed by atoms with Crippen LogP contribution in [0.15, 0.2) is 47.4 Å². The molecule has 1 atom stereocenters. The number of carbonyl (C=O) groups excluding carboxylic acids is 1. The lowest BCUT2D eigenvalue weighted by Gasteiger charge is -2.31.